The van der Waals surface area contributed by atoms with Gasteiger partial charge in [-0.3, -0.25) is 9.47 Å². The van der Waals surface area contributed by atoms with E-state index in [1.807, 2.05) is 18.2 Å². The number of nitrogens with zero attached hydrogens (tertiary/aromatic N) is 8. The molecule has 0 radical (unpaired) electrons. The number of nitriles is 1. The van der Waals surface area contributed by atoms with Crippen LogP contribution < -0.4 is 9.80 Å². The standard InChI is InChI=1S/C25H24ClFN8O/c26-18-2-3-20-17(7-18)9-32(19-5-6-36-11-19)10-22-30-31-24(35(20)22)34-14-25(15-34)12-33(13-25)21-4-1-16(8-28)23(27)29-21/h1-4,7,19H,5-6,9-15H2/t19-/m0/s1. The van der Waals surface area contributed by atoms with E-state index in [1.54, 1.807) is 6.07 Å². The van der Waals surface area contributed by atoms with Crippen molar-refractivity contribution in [2.24, 2.45) is 5.41 Å². The van der Waals surface area contributed by atoms with Crippen LogP contribution in [-0.4, -0.2) is 70.1 Å². The van der Waals surface area contributed by atoms with Crippen molar-refractivity contribution >= 4 is 23.4 Å². The quantitative estimate of drug-likeness (QED) is 0.501. The van der Waals surface area contributed by atoms with E-state index in [-0.39, 0.29) is 11.0 Å². The first-order valence-corrected chi connectivity index (χ1v) is 12.5. The van der Waals surface area contributed by atoms with Crippen LogP contribution in [0.25, 0.3) is 5.69 Å². The van der Waals surface area contributed by atoms with E-state index in [9.17, 15) is 4.39 Å². The summed E-state index contributed by atoms with van der Waals surface area (Å²) >= 11 is 6.39. The number of fused-ring (bicyclic) bond motifs is 3. The summed E-state index contributed by atoms with van der Waals surface area (Å²) in [5.41, 5.74) is 2.33. The van der Waals surface area contributed by atoms with Crippen molar-refractivity contribution in [2.75, 3.05) is 49.2 Å². The molecule has 0 N–H and O–H groups in total. The van der Waals surface area contributed by atoms with E-state index in [0.29, 0.717) is 18.4 Å². The van der Waals surface area contributed by atoms with Gasteiger partial charge in [-0.05, 0) is 42.3 Å². The highest BCUT2D eigenvalue weighted by Gasteiger charge is 2.53. The van der Waals surface area contributed by atoms with E-state index < -0.39 is 5.95 Å². The molecule has 4 aliphatic heterocycles. The molecule has 1 spiro atoms. The van der Waals surface area contributed by atoms with Crippen LogP contribution in [0.2, 0.25) is 5.02 Å². The molecule has 0 bridgehead atoms. The van der Waals surface area contributed by atoms with Gasteiger partial charge in [-0.2, -0.15) is 9.65 Å². The number of benzene rings is 1. The Morgan fingerprint density at radius 1 is 1.08 bits per heavy atom. The van der Waals surface area contributed by atoms with E-state index in [1.165, 1.54) is 6.07 Å². The zero-order chi connectivity index (χ0) is 24.4. The highest BCUT2D eigenvalue weighted by atomic mass is 35.5. The molecule has 184 valence electrons. The third kappa shape index (κ3) is 3.45. The molecule has 0 saturated carbocycles. The predicted molar refractivity (Wildman–Crippen MR) is 131 cm³/mol. The Hall–Kier alpha value is -3.26. The normalized spacial score (nSPS) is 22.4. The second-order valence-electron chi connectivity index (χ2n) is 10.3. The van der Waals surface area contributed by atoms with Gasteiger partial charge in [0.1, 0.15) is 17.5 Å². The molecule has 1 atom stereocenters. The number of hydrogen-bond acceptors (Lipinski definition) is 8. The fraction of sp³-hybridized carbons (Fsp3) is 0.440. The van der Waals surface area contributed by atoms with Gasteiger partial charge in [0.25, 0.3) is 0 Å². The molecule has 6 heterocycles. The summed E-state index contributed by atoms with van der Waals surface area (Å²) in [5.74, 6) is 1.64. The molecule has 1 aromatic carbocycles. The van der Waals surface area contributed by atoms with Gasteiger partial charge in [0.05, 0.1) is 18.8 Å². The number of pyridine rings is 1. The number of halogens is 2. The van der Waals surface area contributed by atoms with Crippen molar-refractivity contribution in [1.29, 1.82) is 5.26 Å². The van der Waals surface area contributed by atoms with Gasteiger partial charge in [-0.15, -0.1) is 10.2 Å². The molecule has 7 rings (SSSR count). The molecule has 2 aromatic heterocycles. The lowest BCUT2D eigenvalue weighted by Crippen LogP contribution is -2.73. The first-order valence-electron chi connectivity index (χ1n) is 12.1. The van der Waals surface area contributed by atoms with Crippen LogP contribution in [0.1, 0.15) is 23.4 Å². The van der Waals surface area contributed by atoms with Crippen LogP contribution in [0.15, 0.2) is 30.3 Å². The Balaban J connectivity index is 1.12. The van der Waals surface area contributed by atoms with Crippen molar-refractivity contribution in [2.45, 2.75) is 25.6 Å². The van der Waals surface area contributed by atoms with Gasteiger partial charge in [-0.1, -0.05) is 11.6 Å². The first kappa shape index (κ1) is 22.0. The van der Waals surface area contributed by atoms with Crippen LogP contribution in [0.4, 0.5) is 16.2 Å². The van der Waals surface area contributed by atoms with E-state index in [4.69, 9.17) is 21.6 Å². The van der Waals surface area contributed by atoms with Crippen LogP contribution in [-0.2, 0) is 17.8 Å². The van der Waals surface area contributed by atoms with Gasteiger partial charge in [0.2, 0.25) is 11.9 Å². The molecular weight excluding hydrogens is 483 g/mol. The lowest BCUT2D eigenvalue weighted by molar-refractivity contribution is 0.133. The number of rotatable bonds is 3. The van der Waals surface area contributed by atoms with Gasteiger partial charge in [0, 0.05) is 55.8 Å². The van der Waals surface area contributed by atoms with E-state index in [2.05, 4.69) is 40.5 Å². The Labute approximate surface area is 212 Å². The van der Waals surface area contributed by atoms with Gasteiger partial charge < -0.3 is 14.5 Å². The zero-order valence-electron chi connectivity index (χ0n) is 19.6. The van der Waals surface area contributed by atoms with Crippen molar-refractivity contribution in [3.8, 4) is 11.8 Å². The largest absolute Gasteiger partial charge is 0.380 e. The molecule has 4 aliphatic rings. The lowest BCUT2D eigenvalue weighted by Gasteiger charge is -2.60. The Kier molecular flexibility index (Phi) is 4.96. The minimum Gasteiger partial charge on any atom is -0.380 e. The third-order valence-corrected chi connectivity index (χ3v) is 8.04. The van der Waals surface area contributed by atoms with Gasteiger partial charge in [-0.25, -0.2) is 4.98 Å². The number of ether oxygens (including phenoxy) is 1. The van der Waals surface area contributed by atoms with Crippen molar-refractivity contribution in [1.82, 2.24) is 24.6 Å². The third-order valence-electron chi connectivity index (χ3n) is 7.80. The Morgan fingerprint density at radius 2 is 1.92 bits per heavy atom. The first-order chi connectivity index (χ1) is 17.5. The molecule has 9 nitrogen and oxygen atoms in total. The highest BCUT2D eigenvalue weighted by molar-refractivity contribution is 6.30. The average Bonchev–Trinajstić information content (AvgIpc) is 3.45. The van der Waals surface area contributed by atoms with Gasteiger partial charge in [0.15, 0.2) is 5.82 Å². The lowest BCUT2D eigenvalue weighted by atomic mass is 9.73. The summed E-state index contributed by atoms with van der Waals surface area (Å²) in [7, 11) is 0. The molecule has 0 unspecified atom stereocenters. The number of hydrogen-bond donors (Lipinski definition) is 0. The smallest absolute Gasteiger partial charge is 0.232 e. The maximum Gasteiger partial charge on any atom is 0.232 e. The summed E-state index contributed by atoms with van der Waals surface area (Å²) in [6.45, 7) is 6.32. The summed E-state index contributed by atoms with van der Waals surface area (Å²) in [6, 6.07) is 11.4. The van der Waals surface area contributed by atoms with Crippen LogP contribution in [0.5, 0.6) is 0 Å². The number of aromatic nitrogens is 4. The van der Waals surface area contributed by atoms with Crippen molar-refractivity contribution in [3.63, 3.8) is 0 Å². The van der Waals surface area contributed by atoms with E-state index in [0.717, 1.165) is 80.4 Å². The highest BCUT2D eigenvalue weighted by Crippen LogP contribution is 2.44. The van der Waals surface area contributed by atoms with Gasteiger partial charge >= 0.3 is 0 Å². The second kappa shape index (κ2) is 8.13. The molecule has 0 aliphatic carbocycles. The van der Waals surface area contributed by atoms with Crippen LogP contribution >= 0.6 is 11.6 Å². The summed E-state index contributed by atoms with van der Waals surface area (Å²) < 4.78 is 21.8. The maximum atomic E-state index is 14.0. The van der Waals surface area contributed by atoms with E-state index >= 15 is 0 Å². The number of anilines is 2. The summed E-state index contributed by atoms with van der Waals surface area (Å²) in [5, 5.41) is 18.9. The Bertz CT molecular complexity index is 1380. The molecular formula is C25H24ClFN8O. The maximum absolute atomic E-state index is 14.0. The fourth-order valence-corrected chi connectivity index (χ4v) is 6.19. The van der Waals surface area contributed by atoms with Crippen LogP contribution in [0, 0.1) is 22.7 Å². The second-order valence-corrected chi connectivity index (χ2v) is 10.7. The van der Waals surface area contributed by atoms with Crippen molar-refractivity contribution in [3.05, 3.63) is 58.3 Å². The minimum atomic E-state index is -0.714. The van der Waals surface area contributed by atoms with Crippen LogP contribution in [0.3, 0.4) is 0 Å². The minimum absolute atomic E-state index is 0.0307. The molecule has 36 heavy (non-hydrogen) atoms. The average molecular weight is 507 g/mol. The molecule has 3 aromatic rings. The molecule has 3 fully saturated rings. The van der Waals surface area contributed by atoms with Crippen molar-refractivity contribution < 1.29 is 9.13 Å². The zero-order valence-corrected chi connectivity index (χ0v) is 20.3. The molecule has 11 heteroatoms. The fourth-order valence-electron chi connectivity index (χ4n) is 6.00. The molecule has 3 saturated heterocycles. The summed E-state index contributed by atoms with van der Waals surface area (Å²) in [4.78, 5) is 10.7. The SMILES string of the molecule is N#Cc1ccc(N2CC3(C2)CN(c2nnc4n2-c2ccc(Cl)cc2CN([C@H]2CCOC2)C4)C3)nc1F. The summed E-state index contributed by atoms with van der Waals surface area (Å²) in [6.07, 6.45) is 1.01. The predicted octanol–water partition coefficient (Wildman–Crippen LogP) is 2.76. The topological polar surface area (TPSA) is 86.3 Å². The monoisotopic (exact) mass is 506 g/mol. The molecule has 0 amide bonds. The Morgan fingerprint density at radius 3 is 2.67 bits per heavy atom.